The summed E-state index contributed by atoms with van der Waals surface area (Å²) in [5.74, 6) is 0.0481. The summed E-state index contributed by atoms with van der Waals surface area (Å²) in [5, 5.41) is 2.78. The third-order valence-electron chi connectivity index (χ3n) is 3.28. The molecule has 2 aromatic rings. The quantitative estimate of drug-likeness (QED) is 0.884. The summed E-state index contributed by atoms with van der Waals surface area (Å²) >= 11 is 1.50. The average Bonchev–Trinajstić information content (AvgIpc) is 3.06. The Balaban J connectivity index is 2.04. The fourth-order valence-electron chi connectivity index (χ4n) is 2.13. The minimum Gasteiger partial charge on any atom is -0.462 e. The highest BCUT2D eigenvalue weighted by molar-refractivity contribution is 7.09. The third kappa shape index (κ3) is 3.73. The molecule has 2 rings (SSSR count). The molecule has 0 atom stereocenters. The summed E-state index contributed by atoms with van der Waals surface area (Å²) in [6.45, 7) is 6.18. The highest BCUT2D eigenvalue weighted by Crippen LogP contribution is 2.24. The number of nitrogens with zero attached hydrogens (tertiary/aromatic N) is 2. The van der Waals surface area contributed by atoms with Crippen LogP contribution in [-0.4, -0.2) is 34.3 Å². The van der Waals surface area contributed by atoms with Crippen molar-refractivity contribution in [2.24, 2.45) is 5.73 Å². The van der Waals surface area contributed by atoms with Gasteiger partial charge in [-0.1, -0.05) is 0 Å². The lowest BCUT2D eigenvalue weighted by molar-refractivity contribution is -0.130. The Morgan fingerprint density at radius 2 is 2.18 bits per heavy atom. The fraction of sp³-hybridized carbons (Fsp3) is 0.400. The molecular weight excluding hydrogens is 302 g/mol. The topological polar surface area (TPSA) is 89.4 Å². The van der Waals surface area contributed by atoms with E-state index in [4.69, 9.17) is 10.2 Å². The van der Waals surface area contributed by atoms with Crippen LogP contribution in [0.5, 0.6) is 0 Å². The third-order valence-corrected chi connectivity index (χ3v) is 4.19. The molecule has 118 valence electrons. The lowest BCUT2D eigenvalue weighted by atomic mass is 10.2. The first-order valence-corrected chi connectivity index (χ1v) is 7.86. The molecule has 22 heavy (non-hydrogen) atoms. The summed E-state index contributed by atoms with van der Waals surface area (Å²) < 4.78 is 5.31. The molecule has 0 fully saturated rings. The maximum absolute atomic E-state index is 11.6. The number of hydrogen-bond acceptors (Lipinski definition) is 5. The van der Waals surface area contributed by atoms with E-state index in [0.29, 0.717) is 30.0 Å². The zero-order chi connectivity index (χ0) is 16.3. The first-order chi connectivity index (χ1) is 10.4. The van der Waals surface area contributed by atoms with Crippen LogP contribution in [0.15, 0.2) is 22.1 Å². The predicted molar refractivity (Wildman–Crippen MR) is 84.6 cm³/mol. The van der Waals surface area contributed by atoms with Crippen LogP contribution in [0.25, 0.3) is 11.5 Å². The van der Waals surface area contributed by atoms with Gasteiger partial charge >= 0.3 is 0 Å². The Morgan fingerprint density at radius 1 is 1.45 bits per heavy atom. The number of thiazole rings is 1. The van der Waals surface area contributed by atoms with Crippen LogP contribution < -0.4 is 5.73 Å². The molecule has 6 nitrogen and oxygen atoms in total. The zero-order valence-corrected chi connectivity index (χ0v) is 13.6. The minimum atomic E-state index is -0.528. The van der Waals surface area contributed by atoms with Crippen molar-refractivity contribution in [2.45, 2.75) is 33.2 Å². The van der Waals surface area contributed by atoms with Gasteiger partial charge < -0.3 is 15.1 Å². The number of carbonyl (C=O) groups excluding carboxylic acids is 2. The van der Waals surface area contributed by atoms with Crippen molar-refractivity contribution < 1.29 is 14.0 Å². The summed E-state index contributed by atoms with van der Waals surface area (Å²) in [6.07, 6.45) is 2.01. The number of aromatic nitrogens is 1. The maximum Gasteiger partial charge on any atom is 0.251 e. The van der Waals surface area contributed by atoms with E-state index in [9.17, 15) is 9.59 Å². The molecule has 2 N–H and O–H groups in total. The number of primary amides is 1. The van der Waals surface area contributed by atoms with Crippen molar-refractivity contribution in [3.05, 3.63) is 28.3 Å². The van der Waals surface area contributed by atoms with Gasteiger partial charge in [0, 0.05) is 31.3 Å². The van der Waals surface area contributed by atoms with Gasteiger partial charge in [-0.3, -0.25) is 9.59 Å². The van der Waals surface area contributed by atoms with Gasteiger partial charge in [-0.2, -0.15) is 0 Å². The molecule has 2 aromatic heterocycles. The number of hydrogen-bond donors (Lipinski definition) is 1. The molecule has 0 unspecified atom stereocenters. The normalized spacial score (nSPS) is 10.9. The van der Waals surface area contributed by atoms with Gasteiger partial charge in [-0.05, 0) is 19.9 Å². The lowest BCUT2D eigenvalue weighted by Crippen LogP contribution is -2.36. The second-order valence-electron chi connectivity index (χ2n) is 5.25. The number of rotatable bonds is 6. The van der Waals surface area contributed by atoms with Crippen molar-refractivity contribution in [3.63, 3.8) is 0 Å². The second kappa shape index (κ2) is 6.74. The van der Waals surface area contributed by atoms with E-state index in [1.54, 1.807) is 17.9 Å². The van der Waals surface area contributed by atoms with Crippen molar-refractivity contribution in [3.8, 4) is 11.5 Å². The number of amides is 2. The number of nitrogens with two attached hydrogens (primary N) is 1. The largest absolute Gasteiger partial charge is 0.462 e. The molecule has 0 aliphatic heterocycles. The highest BCUT2D eigenvalue weighted by atomic mass is 32.1. The second-order valence-corrected chi connectivity index (χ2v) is 6.19. The SMILES string of the molecule is CC(=O)N(CCc1nc(-c2cc(C(N)=O)co2)cs1)C(C)C. The van der Waals surface area contributed by atoms with E-state index in [2.05, 4.69) is 4.98 Å². The van der Waals surface area contributed by atoms with Gasteiger partial charge in [0.2, 0.25) is 5.91 Å². The van der Waals surface area contributed by atoms with Gasteiger partial charge in [-0.25, -0.2) is 4.98 Å². The molecule has 7 heteroatoms. The van der Waals surface area contributed by atoms with E-state index in [0.717, 1.165) is 5.01 Å². The van der Waals surface area contributed by atoms with E-state index in [1.807, 2.05) is 19.2 Å². The van der Waals surface area contributed by atoms with Crippen LogP contribution in [0.3, 0.4) is 0 Å². The van der Waals surface area contributed by atoms with Gasteiger partial charge in [0.15, 0.2) is 5.76 Å². The van der Waals surface area contributed by atoms with Crippen LogP contribution in [0, 0.1) is 0 Å². The molecule has 0 saturated carbocycles. The maximum atomic E-state index is 11.6. The number of carbonyl (C=O) groups is 2. The average molecular weight is 321 g/mol. The molecule has 0 radical (unpaired) electrons. The van der Waals surface area contributed by atoms with Crippen LogP contribution in [-0.2, 0) is 11.2 Å². The van der Waals surface area contributed by atoms with Crippen molar-refractivity contribution >= 4 is 23.2 Å². The van der Waals surface area contributed by atoms with Crippen LogP contribution in [0.2, 0.25) is 0 Å². The molecule has 0 aliphatic carbocycles. The monoisotopic (exact) mass is 321 g/mol. The molecule has 2 heterocycles. The van der Waals surface area contributed by atoms with Crippen molar-refractivity contribution in [1.29, 1.82) is 0 Å². The highest BCUT2D eigenvalue weighted by Gasteiger charge is 2.15. The minimum absolute atomic E-state index is 0.0592. The Labute approximate surface area is 132 Å². The van der Waals surface area contributed by atoms with Crippen LogP contribution in [0.4, 0.5) is 0 Å². The Morgan fingerprint density at radius 3 is 2.73 bits per heavy atom. The predicted octanol–water partition coefficient (Wildman–Crippen LogP) is 2.30. The van der Waals surface area contributed by atoms with E-state index >= 15 is 0 Å². The van der Waals surface area contributed by atoms with Gasteiger partial charge in [0.05, 0.1) is 10.6 Å². The molecule has 0 aromatic carbocycles. The van der Waals surface area contributed by atoms with Crippen molar-refractivity contribution in [2.75, 3.05) is 6.54 Å². The van der Waals surface area contributed by atoms with Crippen LogP contribution >= 0.6 is 11.3 Å². The van der Waals surface area contributed by atoms with E-state index < -0.39 is 5.91 Å². The van der Waals surface area contributed by atoms with Crippen molar-refractivity contribution in [1.82, 2.24) is 9.88 Å². The fourth-order valence-corrected chi connectivity index (χ4v) is 2.91. The first kappa shape index (κ1) is 16.2. The standard InChI is InChI=1S/C15H19N3O3S/c1-9(2)18(10(3)19)5-4-14-17-12(8-22-14)13-6-11(7-21-13)15(16)20/h6-9H,4-5H2,1-3H3,(H2,16,20). The molecule has 0 saturated heterocycles. The Kier molecular flexibility index (Phi) is 4.97. The summed E-state index contributed by atoms with van der Waals surface area (Å²) in [7, 11) is 0. The lowest BCUT2D eigenvalue weighted by Gasteiger charge is -2.24. The summed E-state index contributed by atoms with van der Waals surface area (Å²) in [4.78, 5) is 28.9. The molecule has 2 amide bonds. The molecular formula is C15H19N3O3S. The van der Waals surface area contributed by atoms with Gasteiger partial charge in [-0.15, -0.1) is 11.3 Å². The Bertz CT molecular complexity index is 675. The zero-order valence-electron chi connectivity index (χ0n) is 12.8. The molecule has 0 aliphatic rings. The molecule has 0 spiro atoms. The van der Waals surface area contributed by atoms with Crippen LogP contribution in [0.1, 0.15) is 36.1 Å². The van der Waals surface area contributed by atoms with E-state index in [1.165, 1.54) is 17.6 Å². The summed E-state index contributed by atoms with van der Waals surface area (Å²) in [6, 6.07) is 1.75. The van der Waals surface area contributed by atoms with Gasteiger partial charge in [0.25, 0.3) is 5.91 Å². The molecule has 0 bridgehead atoms. The van der Waals surface area contributed by atoms with E-state index in [-0.39, 0.29) is 11.9 Å². The summed E-state index contributed by atoms with van der Waals surface area (Å²) in [5.41, 5.74) is 6.19. The smallest absolute Gasteiger partial charge is 0.251 e. The number of furan rings is 1. The Hall–Kier alpha value is -2.15. The van der Waals surface area contributed by atoms with Gasteiger partial charge in [0.1, 0.15) is 12.0 Å². The first-order valence-electron chi connectivity index (χ1n) is 6.98.